The summed E-state index contributed by atoms with van der Waals surface area (Å²) in [6, 6.07) is 0. The minimum absolute atomic E-state index is 0.175. The van der Waals surface area contributed by atoms with Crippen LogP contribution in [0.5, 0.6) is 0 Å². The number of rotatable bonds is 2. The second-order valence-corrected chi connectivity index (χ2v) is 1.29. The smallest absolute Gasteiger partial charge is 0.0835 e. The van der Waals surface area contributed by atoms with E-state index in [0.717, 1.165) is 14.1 Å². The Bertz CT molecular complexity index is 112. The molecule has 0 atom stereocenters. The zero-order valence-electron chi connectivity index (χ0n) is 5.01. The molecule has 0 N–H and O–H groups in total. The predicted octanol–water partition coefficient (Wildman–Crippen LogP) is -0.362. The molecular weight excluding hydrogens is 128 g/mol. The molecule has 0 bridgehead atoms. The second kappa shape index (κ2) is 3.05. The summed E-state index contributed by atoms with van der Waals surface area (Å²) < 4.78 is 0. The molecule has 7 heteroatoms. The summed E-state index contributed by atoms with van der Waals surface area (Å²) in [4.78, 5) is -0.368. The lowest BCUT2D eigenvalue weighted by Gasteiger charge is -2.28. The van der Waals surface area contributed by atoms with Crippen LogP contribution in [-0.4, -0.2) is 29.4 Å². The van der Waals surface area contributed by atoms with Crippen molar-refractivity contribution in [3.8, 4) is 0 Å². The first-order valence-corrected chi connectivity index (χ1v) is 2.04. The van der Waals surface area contributed by atoms with Gasteiger partial charge in [0, 0.05) is 4.97 Å². The van der Waals surface area contributed by atoms with Gasteiger partial charge in [-0.1, -0.05) is 5.12 Å². The molecule has 0 fully saturated rings. The van der Waals surface area contributed by atoms with Crippen LogP contribution in [0.2, 0.25) is 0 Å². The van der Waals surface area contributed by atoms with E-state index < -0.39 is 0 Å². The standard InChI is InChI=1S/C2H7N4O3/c1-4(5(2)8)6(9)3-7/h7H,1-2H3/q-1/p-1. The third kappa shape index (κ3) is 2.11. The molecule has 0 rings (SSSR count). The van der Waals surface area contributed by atoms with Gasteiger partial charge in [0.05, 0.1) is 7.05 Å². The van der Waals surface area contributed by atoms with Crippen molar-refractivity contribution in [1.82, 2.24) is 10.3 Å². The van der Waals surface area contributed by atoms with Gasteiger partial charge in [0.1, 0.15) is 0 Å². The van der Waals surface area contributed by atoms with Crippen molar-refractivity contribution in [3.63, 3.8) is 0 Å². The van der Waals surface area contributed by atoms with E-state index in [-0.39, 0.29) is 10.1 Å². The minimum atomic E-state index is -0.368. The van der Waals surface area contributed by atoms with E-state index in [0.29, 0.717) is 5.12 Å². The Kier molecular flexibility index (Phi) is 2.68. The van der Waals surface area contributed by atoms with E-state index in [4.69, 9.17) is 0 Å². The molecule has 0 aliphatic rings. The Balaban J connectivity index is 3.88. The highest BCUT2D eigenvalue weighted by molar-refractivity contribution is 4.30. The average molecular weight is 134 g/mol. The van der Waals surface area contributed by atoms with E-state index in [9.17, 15) is 15.6 Å². The number of hydroxylamine groups is 1. The van der Waals surface area contributed by atoms with Gasteiger partial charge in [0.2, 0.25) is 0 Å². The van der Waals surface area contributed by atoms with Gasteiger partial charge >= 0.3 is 0 Å². The van der Waals surface area contributed by atoms with Crippen LogP contribution in [0.1, 0.15) is 0 Å². The van der Waals surface area contributed by atoms with Gasteiger partial charge in [0.25, 0.3) is 0 Å². The second-order valence-electron chi connectivity index (χ2n) is 1.29. The summed E-state index contributed by atoms with van der Waals surface area (Å²) in [5.41, 5.74) is 0. The SMILES string of the molecule is CN([O-])N(C)[N+]([O-])=N[O-]. The lowest BCUT2D eigenvalue weighted by molar-refractivity contribution is -0.719. The van der Waals surface area contributed by atoms with E-state index in [1.807, 2.05) is 5.28 Å². The van der Waals surface area contributed by atoms with E-state index in [1.54, 1.807) is 0 Å². The van der Waals surface area contributed by atoms with Crippen molar-refractivity contribution in [2.45, 2.75) is 0 Å². The Labute approximate surface area is 51.5 Å². The molecule has 0 aliphatic heterocycles. The predicted molar refractivity (Wildman–Crippen MR) is 28.3 cm³/mol. The van der Waals surface area contributed by atoms with Crippen molar-refractivity contribution < 1.29 is 4.97 Å². The fourth-order valence-electron chi connectivity index (χ4n) is 0.161. The molecule has 9 heavy (non-hydrogen) atoms. The Morgan fingerprint density at radius 1 is 1.44 bits per heavy atom. The van der Waals surface area contributed by atoms with Crippen LogP contribution >= 0.6 is 0 Å². The minimum Gasteiger partial charge on any atom is -0.764 e. The molecule has 0 unspecified atom stereocenters. The van der Waals surface area contributed by atoms with Crippen LogP contribution in [0.15, 0.2) is 5.28 Å². The first kappa shape index (κ1) is 7.92. The Hall–Kier alpha value is -1.08. The van der Waals surface area contributed by atoms with Gasteiger partial charge in [-0.05, 0) is 12.3 Å². The van der Waals surface area contributed by atoms with Crippen LogP contribution in [0.25, 0.3) is 0 Å². The Morgan fingerprint density at radius 3 is 2.00 bits per heavy atom. The van der Waals surface area contributed by atoms with Gasteiger partial charge in [-0.25, -0.2) is 5.17 Å². The summed E-state index contributed by atoms with van der Waals surface area (Å²) in [6.07, 6.45) is 0. The lowest BCUT2D eigenvalue weighted by atomic mass is 11.3. The third-order valence-electron chi connectivity index (χ3n) is 0.725. The van der Waals surface area contributed by atoms with Gasteiger partial charge in [0.15, 0.2) is 0 Å². The van der Waals surface area contributed by atoms with Crippen LogP contribution in [0.4, 0.5) is 0 Å². The largest absolute Gasteiger partial charge is 0.764 e. The number of hydrogen-bond acceptors (Lipinski definition) is 5. The molecule has 54 valence electrons. The number of hydrogen-bond donors (Lipinski definition) is 0. The monoisotopic (exact) mass is 134 g/mol. The molecule has 0 saturated heterocycles. The normalized spacial score (nSPS) is 12.2. The Morgan fingerprint density at radius 2 is 1.89 bits per heavy atom. The topological polar surface area (TPSA) is 91.0 Å². The van der Waals surface area contributed by atoms with Gasteiger partial charge in [-0.2, -0.15) is 0 Å². The van der Waals surface area contributed by atoms with Crippen molar-refractivity contribution in [2.24, 2.45) is 5.28 Å². The zero-order chi connectivity index (χ0) is 7.44. The van der Waals surface area contributed by atoms with E-state index >= 15 is 0 Å². The van der Waals surface area contributed by atoms with Crippen LogP contribution in [0.3, 0.4) is 0 Å². The molecule has 0 aromatic rings. The summed E-state index contributed by atoms with van der Waals surface area (Å²) in [7, 11) is 2.18. The molecule has 7 nitrogen and oxygen atoms in total. The molecule has 0 amide bonds. The fraction of sp³-hybridized carbons (Fsp3) is 1.00. The van der Waals surface area contributed by atoms with Gasteiger partial charge < -0.3 is 15.6 Å². The molecule has 0 heterocycles. The number of nitrogens with zero attached hydrogens (tertiary/aromatic N) is 4. The third-order valence-corrected chi connectivity index (χ3v) is 0.725. The molecule has 0 aromatic carbocycles. The fourth-order valence-corrected chi connectivity index (χ4v) is 0.161. The average Bonchev–Trinajstić information content (AvgIpc) is 1.84. The molecule has 0 radical (unpaired) electrons. The summed E-state index contributed by atoms with van der Waals surface area (Å²) in [6.45, 7) is 0. The van der Waals surface area contributed by atoms with E-state index in [1.165, 1.54) is 0 Å². The van der Waals surface area contributed by atoms with Gasteiger partial charge in [-0.3, -0.25) is 0 Å². The molecule has 0 saturated carbocycles. The van der Waals surface area contributed by atoms with E-state index in [2.05, 4.69) is 0 Å². The van der Waals surface area contributed by atoms with Crippen molar-refractivity contribution in [3.05, 3.63) is 15.6 Å². The molecule has 0 spiro atoms. The first-order valence-electron chi connectivity index (χ1n) is 2.04. The highest BCUT2D eigenvalue weighted by atomic mass is 16.7. The van der Waals surface area contributed by atoms with Crippen LogP contribution in [0, 0.1) is 15.6 Å². The highest BCUT2D eigenvalue weighted by Gasteiger charge is 1.99. The summed E-state index contributed by atoms with van der Waals surface area (Å²) >= 11 is 0. The number of hydrazine groups is 2. The van der Waals surface area contributed by atoms with Crippen molar-refractivity contribution in [2.75, 3.05) is 14.1 Å². The quantitative estimate of drug-likeness (QED) is 0.292. The lowest BCUT2D eigenvalue weighted by Crippen LogP contribution is -2.36. The first-order chi connectivity index (χ1) is 4.09. The maximum Gasteiger partial charge on any atom is 0.0835 e. The maximum atomic E-state index is 10.1. The zero-order valence-corrected chi connectivity index (χ0v) is 5.01. The summed E-state index contributed by atoms with van der Waals surface area (Å²) in [5, 5.41) is 32.2. The van der Waals surface area contributed by atoms with Crippen molar-refractivity contribution >= 4 is 0 Å². The van der Waals surface area contributed by atoms with Crippen LogP contribution in [-0.2, 0) is 0 Å². The summed E-state index contributed by atoms with van der Waals surface area (Å²) in [5.74, 6) is 0. The molecule has 0 aliphatic carbocycles. The molecular formula is C2H6N4O3-2. The molecule has 0 aromatic heterocycles. The maximum absolute atomic E-state index is 10.1. The highest BCUT2D eigenvalue weighted by Crippen LogP contribution is 1.87. The van der Waals surface area contributed by atoms with Gasteiger partial charge in [-0.15, -0.1) is 0 Å². The van der Waals surface area contributed by atoms with Crippen molar-refractivity contribution in [1.29, 1.82) is 0 Å². The van der Waals surface area contributed by atoms with Crippen LogP contribution < -0.4 is 0 Å².